The molecule has 0 fully saturated rings. The molecule has 0 saturated heterocycles. The fourth-order valence-corrected chi connectivity index (χ4v) is 2.46. The largest absolute Gasteiger partial charge is 0.484 e. The molecule has 1 aromatic heterocycles. The molecule has 0 saturated carbocycles. The van der Waals surface area contributed by atoms with Crippen molar-refractivity contribution in [1.82, 2.24) is 20.4 Å². The summed E-state index contributed by atoms with van der Waals surface area (Å²) in [5, 5.41) is 9.67. The molecule has 1 heterocycles. The van der Waals surface area contributed by atoms with E-state index in [0.29, 0.717) is 18.7 Å². The van der Waals surface area contributed by atoms with Crippen LogP contribution < -0.4 is 15.4 Å². The number of ether oxygens (including phenoxy) is 1. The van der Waals surface area contributed by atoms with E-state index in [0.717, 1.165) is 17.0 Å². The average Bonchev–Trinajstić information content (AvgIpc) is 2.85. The Labute approximate surface area is 147 Å². The van der Waals surface area contributed by atoms with Crippen molar-refractivity contribution in [3.8, 4) is 5.75 Å². The Hall–Kier alpha value is -2.83. The lowest BCUT2D eigenvalue weighted by molar-refractivity contribution is -0.127. The van der Waals surface area contributed by atoms with E-state index in [1.807, 2.05) is 43.8 Å². The van der Waals surface area contributed by atoms with Crippen LogP contribution in [0.2, 0.25) is 0 Å². The van der Waals surface area contributed by atoms with Crippen molar-refractivity contribution in [3.63, 3.8) is 0 Å². The number of hydrogen-bond donors (Lipinski definition) is 2. The van der Waals surface area contributed by atoms with Crippen LogP contribution in [0.3, 0.4) is 0 Å². The zero-order valence-electron chi connectivity index (χ0n) is 14.8. The third-order valence-electron chi connectivity index (χ3n) is 3.92. The van der Waals surface area contributed by atoms with Crippen molar-refractivity contribution in [1.29, 1.82) is 0 Å². The smallest absolute Gasteiger partial charge is 0.258 e. The second-order valence-electron chi connectivity index (χ2n) is 5.75. The van der Waals surface area contributed by atoms with Gasteiger partial charge in [0.1, 0.15) is 5.75 Å². The minimum absolute atomic E-state index is 0.0675. The van der Waals surface area contributed by atoms with Gasteiger partial charge in [0.05, 0.1) is 12.2 Å². The molecule has 0 unspecified atom stereocenters. The lowest BCUT2D eigenvalue weighted by atomic mass is 10.1. The molecule has 2 rings (SSSR count). The lowest BCUT2D eigenvalue weighted by Crippen LogP contribution is -2.39. The van der Waals surface area contributed by atoms with Crippen LogP contribution in [-0.4, -0.2) is 41.3 Å². The monoisotopic (exact) mass is 344 g/mol. The third kappa shape index (κ3) is 5.63. The maximum atomic E-state index is 11.8. The van der Waals surface area contributed by atoms with E-state index >= 15 is 0 Å². The van der Waals surface area contributed by atoms with Crippen molar-refractivity contribution in [2.24, 2.45) is 7.05 Å². The van der Waals surface area contributed by atoms with E-state index in [1.54, 1.807) is 12.1 Å². The minimum Gasteiger partial charge on any atom is -0.484 e. The van der Waals surface area contributed by atoms with Crippen LogP contribution in [0.5, 0.6) is 5.75 Å². The first-order valence-corrected chi connectivity index (χ1v) is 8.17. The number of aryl methyl sites for hydroxylation is 2. The highest BCUT2D eigenvalue weighted by Gasteiger charge is 2.10. The molecule has 2 amide bonds. The van der Waals surface area contributed by atoms with E-state index < -0.39 is 0 Å². The Kier molecular flexibility index (Phi) is 6.56. The summed E-state index contributed by atoms with van der Waals surface area (Å²) in [6, 6.07) is 9.05. The zero-order valence-corrected chi connectivity index (χ0v) is 14.8. The fourth-order valence-electron chi connectivity index (χ4n) is 2.46. The molecule has 0 atom stereocenters. The molecule has 0 aliphatic carbocycles. The SMILES string of the molecule is Cc1nn(C)c(C)c1CCNC(=O)CNC(=O)COc1ccccc1. The van der Waals surface area contributed by atoms with Crippen LogP contribution >= 0.6 is 0 Å². The summed E-state index contributed by atoms with van der Waals surface area (Å²) in [6.07, 6.45) is 0.711. The summed E-state index contributed by atoms with van der Waals surface area (Å²) in [7, 11) is 1.90. The summed E-state index contributed by atoms with van der Waals surface area (Å²) in [5.74, 6) is 0.0505. The maximum absolute atomic E-state index is 11.8. The number of amides is 2. The Balaban J connectivity index is 1.64. The molecule has 0 spiro atoms. The maximum Gasteiger partial charge on any atom is 0.258 e. The van der Waals surface area contributed by atoms with Gasteiger partial charge in [-0.3, -0.25) is 14.3 Å². The Morgan fingerprint density at radius 1 is 1.12 bits per heavy atom. The third-order valence-corrected chi connectivity index (χ3v) is 3.92. The summed E-state index contributed by atoms with van der Waals surface area (Å²) in [5.41, 5.74) is 3.21. The highest BCUT2D eigenvalue weighted by molar-refractivity contribution is 5.85. The van der Waals surface area contributed by atoms with Gasteiger partial charge < -0.3 is 15.4 Å². The van der Waals surface area contributed by atoms with Crippen LogP contribution in [-0.2, 0) is 23.1 Å². The summed E-state index contributed by atoms with van der Waals surface area (Å²) >= 11 is 0. The van der Waals surface area contributed by atoms with E-state index in [1.165, 1.54) is 0 Å². The minimum atomic E-state index is -0.335. The normalized spacial score (nSPS) is 10.4. The molecule has 2 aromatic rings. The van der Waals surface area contributed by atoms with Crippen LogP contribution in [0.1, 0.15) is 17.0 Å². The van der Waals surface area contributed by atoms with E-state index in [4.69, 9.17) is 4.74 Å². The number of hydrogen-bond acceptors (Lipinski definition) is 4. The molecular weight excluding hydrogens is 320 g/mol. The quantitative estimate of drug-likeness (QED) is 0.745. The Morgan fingerprint density at radius 3 is 2.48 bits per heavy atom. The number of aromatic nitrogens is 2. The second-order valence-corrected chi connectivity index (χ2v) is 5.75. The van der Waals surface area contributed by atoms with Gasteiger partial charge in [0.2, 0.25) is 5.91 Å². The number of carbonyl (C=O) groups is 2. The highest BCUT2D eigenvalue weighted by Crippen LogP contribution is 2.11. The van der Waals surface area contributed by atoms with Gasteiger partial charge in [-0.25, -0.2) is 0 Å². The van der Waals surface area contributed by atoms with E-state index in [2.05, 4.69) is 15.7 Å². The number of nitrogens with zero attached hydrogens (tertiary/aromatic N) is 2. The second kappa shape index (κ2) is 8.86. The number of carbonyl (C=O) groups excluding carboxylic acids is 2. The number of nitrogens with one attached hydrogen (secondary N) is 2. The van der Waals surface area contributed by atoms with Gasteiger partial charge in [0.25, 0.3) is 5.91 Å². The highest BCUT2D eigenvalue weighted by atomic mass is 16.5. The predicted octanol–water partition coefficient (Wildman–Crippen LogP) is 0.891. The van der Waals surface area contributed by atoms with Gasteiger partial charge in [0, 0.05) is 19.3 Å². The first-order valence-electron chi connectivity index (χ1n) is 8.17. The number of rotatable bonds is 8. The van der Waals surface area contributed by atoms with Crippen LogP contribution in [0.25, 0.3) is 0 Å². The molecule has 7 heteroatoms. The summed E-state index contributed by atoms with van der Waals surface area (Å²) in [4.78, 5) is 23.5. The van der Waals surface area contributed by atoms with Crippen molar-refractivity contribution in [2.45, 2.75) is 20.3 Å². The molecule has 0 bridgehead atoms. The number of benzene rings is 1. The number of para-hydroxylation sites is 1. The van der Waals surface area contributed by atoms with Gasteiger partial charge in [-0.05, 0) is 38.0 Å². The van der Waals surface area contributed by atoms with Crippen molar-refractivity contribution < 1.29 is 14.3 Å². The van der Waals surface area contributed by atoms with E-state index in [9.17, 15) is 9.59 Å². The van der Waals surface area contributed by atoms with Crippen LogP contribution in [0.4, 0.5) is 0 Å². The lowest BCUT2D eigenvalue weighted by Gasteiger charge is -2.08. The molecule has 25 heavy (non-hydrogen) atoms. The van der Waals surface area contributed by atoms with Crippen molar-refractivity contribution >= 4 is 11.8 Å². The molecule has 2 N–H and O–H groups in total. The molecule has 7 nitrogen and oxygen atoms in total. The predicted molar refractivity (Wildman–Crippen MR) is 94.3 cm³/mol. The summed E-state index contributed by atoms with van der Waals surface area (Å²) < 4.78 is 7.15. The van der Waals surface area contributed by atoms with Gasteiger partial charge in [-0.15, -0.1) is 0 Å². The molecule has 0 aliphatic rings. The van der Waals surface area contributed by atoms with Gasteiger partial charge in [-0.2, -0.15) is 5.10 Å². The molecular formula is C18H24N4O3. The molecule has 0 aliphatic heterocycles. The van der Waals surface area contributed by atoms with Gasteiger partial charge in [0.15, 0.2) is 6.61 Å². The average molecular weight is 344 g/mol. The fraction of sp³-hybridized carbons (Fsp3) is 0.389. The van der Waals surface area contributed by atoms with Crippen molar-refractivity contribution in [2.75, 3.05) is 19.7 Å². The standard InChI is InChI=1S/C18H24N4O3/c1-13-16(14(2)22(3)21-13)9-10-19-17(23)11-20-18(24)12-25-15-7-5-4-6-8-15/h4-8H,9-12H2,1-3H3,(H,19,23)(H,20,24). The summed E-state index contributed by atoms with van der Waals surface area (Å²) in [6.45, 7) is 4.27. The first-order chi connectivity index (χ1) is 12.0. The van der Waals surface area contributed by atoms with Crippen molar-refractivity contribution in [3.05, 3.63) is 47.3 Å². The molecule has 0 radical (unpaired) electrons. The first kappa shape index (κ1) is 18.5. The Bertz CT molecular complexity index is 725. The van der Waals surface area contributed by atoms with Crippen LogP contribution in [0.15, 0.2) is 30.3 Å². The van der Waals surface area contributed by atoms with Gasteiger partial charge >= 0.3 is 0 Å². The topological polar surface area (TPSA) is 85.3 Å². The molecule has 134 valence electrons. The van der Waals surface area contributed by atoms with E-state index in [-0.39, 0.29) is 25.0 Å². The molecule has 1 aromatic carbocycles. The van der Waals surface area contributed by atoms with Crippen LogP contribution in [0, 0.1) is 13.8 Å². The zero-order chi connectivity index (χ0) is 18.2. The van der Waals surface area contributed by atoms with Gasteiger partial charge in [-0.1, -0.05) is 18.2 Å². The Morgan fingerprint density at radius 2 is 1.84 bits per heavy atom.